The average Bonchev–Trinajstić information content (AvgIpc) is 2.78. The molecule has 1 N–H and O–H groups in total. The number of hydrogen-bond acceptors (Lipinski definition) is 4. The van der Waals surface area contributed by atoms with Crippen LogP contribution < -0.4 is 9.62 Å². The summed E-state index contributed by atoms with van der Waals surface area (Å²) in [6.07, 6.45) is 1.94. The van der Waals surface area contributed by atoms with Crippen LogP contribution in [-0.4, -0.2) is 50.5 Å². The van der Waals surface area contributed by atoms with Gasteiger partial charge in [0.25, 0.3) is 0 Å². The molecule has 2 amide bonds. The Kier molecular flexibility index (Phi) is 10.5. The van der Waals surface area contributed by atoms with Crippen molar-refractivity contribution in [1.82, 2.24) is 10.2 Å². The minimum absolute atomic E-state index is 0.000125. The van der Waals surface area contributed by atoms with Crippen LogP contribution >= 0.6 is 15.9 Å². The van der Waals surface area contributed by atoms with Crippen LogP contribution in [0.3, 0.4) is 0 Å². The van der Waals surface area contributed by atoms with Crippen LogP contribution in [-0.2, 0) is 26.2 Å². The number of amides is 2. The summed E-state index contributed by atoms with van der Waals surface area (Å²) in [4.78, 5) is 27.3. The smallest absolute Gasteiger partial charge is 0.242 e. The van der Waals surface area contributed by atoms with Gasteiger partial charge in [-0.3, -0.25) is 13.9 Å². The Labute approximate surface area is 209 Å². The molecule has 10 heteroatoms. The molecule has 7 nitrogen and oxygen atoms in total. The minimum atomic E-state index is -3.75. The van der Waals surface area contributed by atoms with Gasteiger partial charge < -0.3 is 10.2 Å². The van der Waals surface area contributed by atoms with Crippen molar-refractivity contribution in [2.75, 3.05) is 23.7 Å². The molecule has 2 aromatic carbocycles. The first-order valence-electron chi connectivity index (χ1n) is 11.1. The molecule has 0 bridgehead atoms. The van der Waals surface area contributed by atoms with Gasteiger partial charge in [0.15, 0.2) is 0 Å². The predicted octanol–water partition coefficient (Wildman–Crippen LogP) is 4.08. The van der Waals surface area contributed by atoms with Crippen LogP contribution in [0, 0.1) is 5.82 Å². The summed E-state index contributed by atoms with van der Waals surface area (Å²) in [6, 6.07) is 12.4. The molecule has 0 unspecified atom stereocenters. The quantitative estimate of drug-likeness (QED) is 0.427. The maximum atomic E-state index is 14.2. The van der Waals surface area contributed by atoms with Gasteiger partial charge in [-0.15, -0.1) is 0 Å². The van der Waals surface area contributed by atoms with Gasteiger partial charge in [0.1, 0.15) is 11.9 Å². The van der Waals surface area contributed by atoms with E-state index in [2.05, 4.69) is 21.2 Å². The molecule has 0 aliphatic heterocycles. The Morgan fingerprint density at radius 2 is 1.85 bits per heavy atom. The van der Waals surface area contributed by atoms with Gasteiger partial charge in [0, 0.05) is 30.5 Å². The molecule has 1 atom stereocenters. The van der Waals surface area contributed by atoms with Gasteiger partial charge in [-0.25, -0.2) is 12.8 Å². The third kappa shape index (κ3) is 8.09. The lowest BCUT2D eigenvalue weighted by molar-refractivity contribution is -0.140. The Bertz CT molecular complexity index is 1100. The van der Waals surface area contributed by atoms with Gasteiger partial charge in [-0.2, -0.15) is 0 Å². The molecule has 0 aromatic heterocycles. The standard InChI is InChI=1S/C24H31BrFN3O4S/c1-4-14-27-24(31)18(2)28(17-19-9-7-10-20(25)16-19)23(30)13-8-15-29(34(3,32)33)22-12-6-5-11-21(22)26/h5-7,9-12,16,18H,4,8,13-15,17H2,1-3H3,(H,27,31)/t18-/m1/s1. The summed E-state index contributed by atoms with van der Waals surface area (Å²) in [5.74, 6) is -1.20. The van der Waals surface area contributed by atoms with Crippen LogP contribution in [0.1, 0.15) is 38.7 Å². The topological polar surface area (TPSA) is 86.8 Å². The number of nitrogens with one attached hydrogen (secondary N) is 1. The number of carbonyl (C=O) groups excluding carboxylic acids is 2. The molecular weight excluding hydrogens is 525 g/mol. The van der Waals surface area contributed by atoms with E-state index in [-0.39, 0.29) is 43.4 Å². The van der Waals surface area contributed by atoms with E-state index in [9.17, 15) is 22.4 Å². The molecule has 0 fully saturated rings. The molecule has 186 valence electrons. The first kappa shape index (κ1) is 27.8. The van der Waals surface area contributed by atoms with E-state index >= 15 is 0 Å². The highest BCUT2D eigenvalue weighted by Crippen LogP contribution is 2.22. The Balaban J connectivity index is 2.16. The fourth-order valence-corrected chi connectivity index (χ4v) is 4.86. The van der Waals surface area contributed by atoms with Crippen LogP contribution in [0.15, 0.2) is 53.0 Å². The van der Waals surface area contributed by atoms with Gasteiger partial charge in [-0.05, 0) is 49.6 Å². The van der Waals surface area contributed by atoms with E-state index in [1.807, 2.05) is 31.2 Å². The Morgan fingerprint density at radius 1 is 1.15 bits per heavy atom. The van der Waals surface area contributed by atoms with Crippen molar-refractivity contribution >= 4 is 43.5 Å². The van der Waals surface area contributed by atoms with Gasteiger partial charge in [-0.1, -0.05) is 47.1 Å². The van der Waals surface area contributed by atoms with E-state index in [1.165, 1.54) is 23.1 Å². The summed E-state index contributed by atoms with van der Waals surface area (Å²) in [7, 11) is -3.75. The molecule has 0 saturated carbocycles. The normalized spacial score (nSPS) is 12.1. The fraction of sp³-hybridized carbons (Fsp3) is 0.417. The minimum Gasteiger partial charge on any atom is -0.354 e. The fourth-order valence-electron chi connectivity index (χ4n) is 3.45. The second kappa shape index (κ2) is 12.9. The van der Waals surface area contributed by atoms with Gasteiger partial charge in [0.05, 0.1) is 11.9 Å². The zero-order valence-corrected chi connectivity index (χ0v) is 22.0. The summed E-state index contributed by atoms with van der Waals surface area (Å²) in [5, 5.41) is 2.82. The lowest BCUT2D eigenvalue weighted by Crippen LogP contribution is -2.47. The maximum Gasteiger partial charge on any atom is 0.242 e. The highest BCUT2D eigenvalue weighted by atomic mass is 79.9. The SMILES string of the molecule is CCCNC(=O)[C@@H](C)N(Cc1cccc(Br)c1)C(=O)CCCN(c1ccccc1F)S(C)(=O)=O. The predicted molar refractivity (Wildman–Crippen MR) is 135 cm³/mol. The van der Waals surface area contributed by atoms with Crippen LogP contribution in [0.4, 0.5) is 10.1 Å². The lowest BCUT2D eigenvalue weighted by atomic mass is 10.1. The van der Waals surface area contributed by atoms with E-state index in [1.54, 1.807) is 13.0 Å². The number of hydrogen-bond donors (Lipinski definition) is 1. The Hall–Kier alpha value is -2.46. The van der Waals surface area contributed by atoms with E-state index in [4.69, 9.17) is 0 Å². The number of halogens is 2. The largest absolute Gasteiger partial charge is 0.354 e. The number of rotatable bonds is 12. The van der Waals surface area contributed by atoms with Crippen LogP contribution in [0.25, 0.3) is 0 Å². The zero-order valence-electron chi connectivity index (χ0n) is 19.6. The summed E-state index contributed by atoms with van der Waals surface area (Å²) in [6.45, 7) is 4.28. The van der Waals surface area contributed by atoms with Crippen LogP contribution in [0.2, 0.25) is 0 Å². The van der Waals surface area contributed by atoms with E-state index in [0.717, 1.165) is 27.0 Å². The lowest BCUT2D eigenvalue weighted by Gasteiger charge is -2.29. The van der Waals surface area contributed by atoms with Gasteiger partial charge >= 0.3 is 0 Å². The molecular formula is C24H31BrFN3O4S. The molecule has 0 aliphatic rings. The molecule has 34 heavy (non-hydrogen) atoms. The summed E-state index contributed by atoms with van der Waals surface area (Å²) < 4.78 is 40.6. The molecule has 2 rings (SSSR count). The van der Waals surface area contributed by atoms with Crippen molar-refractivity contribution < 1.29 is 22.4 Å². The van der Waals surface area contributed by atoms with Crippen molar-refractivity contribution in [2.45, 2.75) is 45.7 Å². The monoisotopic (exact) mass is 555 g/mol. The third-order valence-corrected chi connectivity index (χ3v) is 6.90. The molecule has 0 radical (unpaired) electrons. The van der Waals surface area contributed by atoms with Crippen LogP contribution in [0.5, 0.6) is 0 Å². The zero-order chi connectivity index (χ0) is 25.3. The van der Waals surface area contributed by atoms with E-state index in [0.29, 0.717) is 6.54 Å². The van der Waals surface area contributed by atoms with Crippen molar-refractivity contribution in [3.63, 3.8) is 0 Å². The number of benzene rings is 2. The number of para-hydroxylation sites is 1. The van der Waals surface area contributed by atoms with Crippen molar-refractivity contribution in [1.29, 1.82) is 0 Å². The molecule has 0 saturated heterocycles. The van der Waals surface area contributed by atoms with E-state index < -0.39 is 21.9 Å². The number of nitrogens with zero attached hydrogens (tertiary/aromatic N) is 2. The maximum absolute atomic E-state index is 14.2. The molecule has 0 heterocycles. The van der Waals surface area contributed by atoms with Crippen molar-refractivity contribution in [3.05, 3.63) is 64.4 Å². The first-order chi connectivity index (χ1) is 16.0. The number of anilines is 1. The Morgan fingerprint density at radius 3 is 2.47 bits per heavy atom. The molecule has 0 spiro atoms. The highest BCUT2D eigenvalue weighted by Gasteiger charge is 2.27. The number of sulfonamides is 1. The molecule has 2 aromatic rings. The second-order valence-electron chi connectivity index (χ2n) is 8.01. The van der Waals surface area contributed by atoms with Crippen molar-refractivity contribution in [3.8, 4) is 0 Å². The summed E-state index contributed by atoms with van der Waals surface area (Å²) in [5.41, 5.74) is 0.790. The average molecular weight is 556 g/mol. The number of carbonyl (C=O) groups is 2. The highest BCUT2D eigenvalue weighted by molar-refractivity contribution is 9.10. The second-order valence-corrected chi connectivity index (χ2v) is 10.8. The third-order valence-electron chi connectivity index (χ3n) is 5.23. The first-order valence-corrected chi connectivity index (χ1v) is 13.7. The molecule has 0 aliphatic carbocycles. The summed E-state index contributed by atoms with van der Waals surface area (Å²) >= 11 is 3.42. The van der Waals surface area contributed by atoms with Crippen molar-refractivity contribution in [2.24, 2.45) is 0 Å². The van der Waals surface area contributed by atoms with Gasteiger partial charge in [0.2, 0.25) is 21.8 Å².